The molecule has 3 unspecified atom stereocenters. The average Bonchev–Trinajstić information content (AvgIpc) is 1.38. The van der Waals surface area contributed by atoms with Gasteiger partial charge in [0.05, 0.1) is 10.8 Å². The van der Waals surface area contributed by atoms with Crippen molar-refractivity contribution in [3.8, 4) is 45.6 Å². The summed E-state index contributed by atoms with van der Waals surface area (Å²) >= 11 is 0. The van der Waals surface area contributed by atoms with Gasteiger partial charge in [0.2, 0.25) is 0 Å². The summed E-state index contributed by atoms with van der Waals surface area (Å²) in [5.41, 5.74) is 16.7. The number of hydrogen-bond donors (Lipinski definition) is 2. The molecule has 8 bridgehead atoms. The summed E-state index contributed by atoms with van der Waals surface area (Å²) in [5, 5.41) is 91.5. The number of hydrogen-bond acceptors (Lipinski definition) is 7. The van der Waals surface area contributed by atoms with Gasteiger partial charge < -0.3 is 9.97 Å². The Morgan fingerprint density at radius 3 is 1.13 bits per heavy atom. The molecule has 9 nitrogen and oxygen atoms in total. The van der Waals surface area contributed by atoms with Crippen molar-refractivity contribution in [3.05, 3.63) is 117 Å². The Hall–Kier alpha value is -13.3. The lowest BCUT2D eigenvalue weighted by molar-refractivity contribution is 0.272. The van der Waals surface area contributed by atoms with Crippen molar-refractivity contribution >= 4 is 335 Å². The normalized spacial score (nSPS) is 19.9. The smallest absolute Gasteiger partial charge is 0.165 e. The van der Waals surface area contributed by atoms with E-state index in [1.165, 1.54) is 22.3 Å². The summed E-state index contributed by atoms with van der Waals surface area (Å²) in [6.07, 6.45) is 0. The molecule has 7 aliphatic rings. The lowest BCUT2D eigenvalue weighted by Crippen LogP contribution is -2.50. The summed E-state index contributed by atoms with van der Waals surface area (Å²) in [5.74, 6) is 2.52. The molecule has 3 atom stereocenters. The van der Waals surface area contributed by atoms with Gasteiger partial charge in [0.25, 0.3) is 0 Å². The maximum atomic E-state index is 6.02. The average molecular weight is 1460 g/mol. The van der Waals surface area contributed by atoms with Crippen LogP contribution in [0.2, 0.25) is 0 Å². The molecule has 116 heavy (non-hydrogen) atoms. The molecule has 42 rings (SSSR count). The minimum Gasteiger partial charge on any atom is -0.324 e. The van der Waals surface area contributed by atoms with Crippen molar-refractivity contribution < 1.29 is 0 Å². The van der Waals surface area contributed by atoms with E-state index in [1.807, 2.05) is 0 Å². The van der Waals surface area contributed by atoms with Gasteiger partial charge in [-0.15, -0.1) is 0 Å². The molecule has 0 radical (unpaired) electrons. The van der Waals surface area contributed by atoms with Gasteiger partial charge in [-0.2, -0.15) is 0 Å². The van der Waals surface area contributed by atoms with Gasteiger partial charge >= 0.3 is 0 Å². The Balaban J connectivity index is 0.700. The van der Waals surface area contributed by atoms with E-state index >= 15 is 0 Å². The third kappa shape index (κ3) is 3.77. The van der Waals surface area contributed by atoms with E-state index in [0.29, 0.717) is 40.2 Å². The predicted octanol–water partition coefficient (Wildman–Crippen LogP) is 27.1. The van der Waals surface area contributed by atoms with E-state index in [-0.39, 0.29) is 22.3 Å². The fourth-order valence-corrected chi connectivity index (χ4v) is 33.3. The molecule has 0 saturated carbocycles. The van der Waals surface area contributed by atoms with Crippen molar-refractivity contribution in [1.82, 2.24) is 44.8 Å². The van der Waals surface area contributed by atoms with Crippen LogP contribution in [0.5, 0.6) is 0 Å². The first-order valence-electron chi connectivity index (χ1n) is 42.3. The highest BCUT2D eigenvalue weighted by Crippen LogP contribution is 2.87. The van der Waals surface area contributed by atoms with Crippen LogP contribution in [0, 0.1) is 0 Å². The Bertz CT molecular complexity index is 11100. The van der Waals surface area contributed by atoms with E-state index in [2.05, 4.69) is 157 Å². The maximum Gasteiger partial charge on any atom is 0.165 e. The number of benzene rings is 21. The fraction of sp³-hybridized carbons (Fsp3) is 0.159. The first kappa shape index (κ1) is 52.1. The molecule has 0 amide bonds. The monoisotopic (exact) mass is 1460 g/mol. The number of fused-ring (bicyclic) bond motifs is 20. The van der Waals surface area contributed by atoms with Crippen LogP contribution in [0.25, 0.3) is 381 Å². The highest BCUT2D eigenvalue weighted by atomic mass is 15.2. The van der Waals surface area contributed by atoms with Crippen molar-refractivity contribution in [3.63, 3.8) is 0 Å². The molecular weight excluding hydrogens is 1410 g/mol. The van der Waals surface area contributed by atoms with Crippen LogP contribution in [0.15, 0.2) is 72.8 Å². The molecule has 3 aromatic heterocycles. The van der Waals surface area contributed by atoms with E-state index in [0.717, 1.165) is 56.0 Å². The molecule has 1 saturated heterocycles. The molecular formula is C107H47N9. The molecule has 6 heterocycles. The van der Waals surface area contributed by atoms with Crippen molar-refractivity contribution in [1.29, 1.82) is 0 Å². The van der Waals surface area contributed by atoms with Gasteiger partial charge in [-0.3, -0.25) is 4.90 Å². The summed E-state index contributed by atoms with van der Waals surface area (Å²) in [4.78, 5) is 45.6. The quantitative estimate of drug-likeness (QED) is 0.157. The van der Waals surface area contributed by atoms with E-state index < -0.39 is 10.8 Å². The zero-order valence-corrected chi connectivity index (χ0v) is 63.8. The van der Waals surface area contributed by atoms with Gasteiger partial charge in [0, 0.05) is 56.4 Å². The minimum atomic E-state index is -0.576. The second-order valence-electron chi connectivity index (χ2n) is 42.2. The van der Waals surface area contributed by atoms with Gasteiger partial charge in [0.1, 0.15) is 22.6 Å². The van der Waals surface area contributed by atoms with Crippen molar-refractivity contribution in [2.75, 3.05) is 13.6 Å². The maximum absolute atomic E-state index is 6.02. The molecule has 35 aromatic rings. The fourth-order valence-electron chi connectivity index (χ4n) is 33.3. The van der Waals surface area contributed by atoms with Crippen LogP contribution in [-0.4, -0.2) is 58.4 Å². The predicted molar refractivity (Wildman–Crippen MR) is 481 cm³/mol. The number of aromatic nitrogens is 8. The first-order valence-corrected chi connectivity index (χ1v) is 42.3. The van der Waals surface area contributed by atoms with E-state index in [1.54, 1.807) is 313 Å². The first-order chi connectivity index (χ1) is 56.5. The van der Waals surface area contributed by atoms with Gasteiger partial charge in [-0.25, -0.2) is 29.9 Å². The zero-order chi connectivity index (χ0) is 73.5. The topological polar surface area (TPSA) is 112 Å². The molecule has 2 spiro atoms. The molecule has 32 aromatic carbocycles. The number of H-pyrrole nitrogens is 2. The SMILES string of the molecule is CN1CC23c4c5c6c7c8c9c(c%10c%11c2c2c%12c4c4c%13c5c5c7c7c8c8c%14c9c%10c9c%10c%11c2c2c%11c%12c4c4c%12c%13c5c5c7c7c8c8c%14c9c9c%10c2c2c%11c4c4c%12c5c7c5c8c9c2c45)C63C1c1ccc2c(c1)-c1nc-2nc2[nH]c(nc3nc(nc4[nH]c(n1)c1cccc(C(C)(C)C)c41)-c1cccc(C(C)(C)C)c1-3)c1ccc(C(C)(C)C)cc21. The van der Waals surface area contributed by atoms with Crippen molar-refractivity contribution in [2.24, 2.45) is 0 Å². The lowest BCUT2D eigenvalue weighted by atomic mass is 9.49. The highest BCUT2D eigenvalue weighted by Gasteiger charge is 2.76. The Morgan fingerprint density at radius 1 is 0.284 bits per heavy atom. The number of aromatic amines is 2. The van der Waals surface area contributed by atoms with Crippen LogP contribution in [0.1, 0.15) is 113 Å². The third-order valence-corrected chi connectivity index (χ3v) is 35.6. The lowest BCUT2D eigenvalue weighted by Gasteiger charge is -2.50. The highest BCUT2D eigenvalue weighted by molar-refractivity contribution is 6.82. The Kier molecular flexibility index (Phi) is 6.00. The summed E-state index contributed by atoms with van der Waals surface area (Å²) in [7, 11) is 2.58. The number of likely N-dealkylation sites (tertiary alicyclic amines) is 1. The molecule has 1 fully saturated rings. The van der Waals surface area contributed by atoms with Crippen LogP contribution in [0.3, 0.4) is 0 Å². The van der Waals surface area contributed by atoms with E-state index in [9.17, 15) is 0 Å². The van der Waals surface area contributed by atoms with Crippen LogP contribution < -0.4 is 0 Å². The molecule has 9 heteroatoms. The summed E-state index contributed by atoms with van der Waals surface area (Å²) in [6.45, 7) is 21.6. The van der Waals surface area contributed by atoms with Crippen LogP contribution >= 0.6 is 0 Å². The number of nitrogens with zero attached hydrogens (tertiary/aromatic N) is 7. The summed E-state index contributed by atoms with van der Waals surface area (Å²) in [6, 6.07) is 27.6. The second-order valence-corrected chi connectivity index (χ2v) is 42.2. The Labute approximate surface area is 647 Å². The number of rotatable bonds is 1. The van der Waals surface area contributed by atoms with Gasteiger partial charge in [0.15, 0.2) is 23.3 Å². The molecule has 3 aliphatic heterocycles. The van der Waals surface area contributed by atoms with Gasteiger partial charge in [-0.05, 0) is 371 Å². The molecule has 2 N–H and O–H groups in total. The molecule has 4 aliphatic carbocycles. The standard InChI is InChI=1S/C107H47N9/c1-103(2,3)25-18-20-27-31(22-25)100-109-95-26-19-17-24(21-30(26)99(108-95)111-97-28-13-11-15-32(104(4,5)6)34(28)102(113-97)115-98-29-14-12-16-33(105(7,8)9)35(29)101(114-98)112-96(27)110-100)94-107-92-85-77-65-57-48-39-37-36-38-42(39)51-58-56-47(38)49-45-40(36)43-44-41(37)46-50(48)63(65)71-69-55(46)53(44)61-60-52(43)54(45)68-70-62(49)64(56)76-78-66(58)67(59(51)57)79(77)88(92)87(78)90-83(76)81(70)84-74(68)72(60)80-73(61)75(69)86(82(71)85)93(107)89(80)91(84)106(90,107)23-116(94)10/h11-22,94H,23H2,1-10H3,(H2,108,109,110,111,112,113,114,115). The molecule has 520 valence electrons. The summed E-state index contributed by atoms with van der Waals surface area (Å²) < 4.78 is 0. The minimum absolute atomic E-state index is 0.124. The number of nitrogens with one attached hydrogen (secondary N) is 2. The largest absolute Gasteiger partial charge is 0.324 e. The Morgan fingerprint density at radius 2 is 0.638 bits per heavy atom. The second kappa shape index (κ2) is 13.4. The number of likely N-dealkylation sites (N-methyl/N-ethyl adjacent to an activating group) is 1. The van der Waals surface area contributed by atoms with Crippen LogP contribution in [-0.2, 0) is 27.1 Å². The van der Waals surface area contributed by atoms with Gasteiger partial charge in [-0.1, -0.05) is 123 Å². The third-order valence-electron chi connectivity index (χ3n) is 35.6. The van der Waals surface area contributed by atoms with Crippen LogP contribution in [0.4, 0.5) is 0 Å². The van der Waals surface area contributed by atoms with E-state index in [4.69, 9.17) is 29.9 Å². The van der Waals surface area contributed by atoms with Crippen molar-refractivity contribution in [2.45, 2.75) is 95.4 Å². The zero-order valence-electron chi connectivity index (χ0n) is 63.8.